The average molecular weight is 394 g/mol. The number of carbonyl (C=O) groups excluding carboxylic acids is 2. The zero-order chi connectivity index (χ0) is 20.8. The van der Waals surface area contributed by atoms with Gasteiger partial charge in [-0.1, -0.05) is 26.0 Å². The van der Waals surface area contributed by atoms with E-state index in [1.54, 1.807) is 6.07 Å². The second kappa shape index (κ2) is 9.59. The number of anilines is 2. The van der Waals surface area contributed by atoms with Gasteiger partial charge < -0.3 is 15.5 Å². The number of amides is 2. The van der Waals surface area contributed by atoms with E-state index in [0.717, 1.165) is 44.5 Å². The Bertz CT molecular complexity index is 855. The van der Waals surface area contributed by atoms with E-state index in [2.05, 4.69) is 22.5 Å². The van der Waals surface area contributed by atoms with Crippen molar-refractivity contribution >= 4 is 23.2 Å². The molecule has 2 aromatic carbocycles. The fourth-order valence-corrected chi connectivity index (χ4v) is 3.53. The number of nitrogens with zero attached hydrogens (tertiary/aromatic N) is 1. The van der Waals surface area contributed by atoms with E-state index in [9.17, 15) is 9.59 Å². The van der Waals surface area contributed by atoms with Crippen molar-refractivity contribution in [2.75, 3.05) is 23.3 Å². The van der Waals surface area contributed by atoms with Gasteiger partial charge in [-0.3, -0.25) is 9.59 Å². The number of benzene rings is 2. The Morgan fingerprint density at radius 3 is 2.31 bits per heavy atom. The number of carbonyl (C=O) groups is 2. The first-order valence-electron chi connectivity index (χ1n) is 10.6. The van der Waals surface area contributed by atoms with E-state index < -0.39 is 0 Å². The zero-order valence-electron chi connectivity index (χ0n) is 17.6. The van der Waals surface area contributed by atoms with Crippen LogP contribution in [0.3, 0.4) is 0 Å². The Kier molecular flexibility index (Phi) is 6.91. The lowest BCUT2D eigenvalue weighted by atomic mass is 10.1. The predicted octanol–water partition coefficient (Wildman–Crippen LogP) is 4.63. The molecule has 29 heavy (non-hydrogen) atoms. The van der Waals surface area contributed by atoms with Crippen molar-refractivity contribution in [2.24, 2.45) is 0 Å². The van der Waals surface area contributed by atoms with Gasteiger partial charge in [0.25, 0.3) is 11.8 Å². The van der Waals surface area contributed by atoms with Gasteiger partial charge in [0.05, 0.1) is 5.56 Å². The summed E-state index contributed by atoms with van der Waals surface area (Å²) in [5.74, 6) is -0.264. The highest BCUT2D eigenvalue weighted by molar-refractivity contribution is 6.06. The molecule has 0 spiro atoms. The third-order valence-electron chi connectivity index (χ3n) is 5.56. The van der Waals surface area contributed by atoms with Crippen molar-refractivity contribution in [3.8, 4) is 0 Å². The molecule has 1 unspecified atom stereocenters. The Morgan fingerprint density at radius 2 is 1.69 bits per heavy atom. The van der Waals surface area contributed by atoms with Crippen LogP contribution in [-0.2, 0) is 6.42 Å². The molecule has 0 saturated carbocycles. The Labute approximate surface area is 173 Å². The van der Waals surface area contributed by atoms with Crippen LogP contribution >= 0.6 is 0 Å². The number of aryl methyl sites for hydroxylation is 1. The normalized spacial score (nSPS) is 14.5. The van der Waals surface area contributed by atoms with Crippen LogP contribution in [0.1, 0.15) is 66.3 Å². The fraction of sp³-hybridized carbons (Fsp3) is 0.417. The van der Waals surface area contributed by atoms with Crippen LogP contribution in [0.2, 0.25) is 0 Å². The second-order valence-corrected chi connectivity index (χ2v) is 7.71. The maximum Gasteiger partial charge on any atom is 0.255 e. The first kappa shape index (κ1) is 20.9. The molecule has 1 aliphatic rings. The van der Waals surface area contributed by atoms with E-state index in [-0.39, 0.29) is 17.9 Å². The smallest absolute Gasteiger partial charge is 0.255 e. The minimum Gasteiger partial charge on any atom is -0.371 e. The number of hydrogen-bond donors (Lipinski definition) is 2. The van der Waals surface area contributed by atoms with Crippen molar-refractivity contribution in [2.45, 2.75) is 52.5 Å². The summed E-state index contributed by atoms with van der Waals surface area (Å²) in [4.78, 5) is 27.8. The zero-order valence-corrected chi connectivity index (χ0v) is 17.6. The Balaban J connectivity index is 1.84. The molecule has 2 aromatic rings. The van der Waals surface area contributed by atoms with Crippen LogP contribution in [0.15, 0.2) is 42.5 Å². The minimum absolute atomic E-state index is 0.0929. The van der Waals surface area contributed by atoms with Crippen molar-refractivity contribution in [3.63, 3.8) is 0 Å². The average Bonchev–Trinajstić information content (AvgIpc) is 3.28. The minimum atomic E-state index is -0.171. The van der Waals surface area contributed by atoms with Crippen molar-refractivity contribution in [1.82, 2.24) is 5.32 Å². The van der Waals surface area contributed by atoms with Gasteiger partial charge in [0.15, 0.2) is 0 Å². The SMILES string of the molecule is CCc1ccc(C(=O)Nc2ccc(N3CCCC3)c(C(=O)NC(C)CC)c2)cc1. The number of nitrogens with one attached hydrogen (secondary N) is 2. The number of hydrogen-bond acceptors (Lipinski definition) is 3. The molecule has 1 heterocycles. The largest absolute Gasteiger partial charge is 0.371 e. The van der Waals surface area contributed by atoms with Crippen LogP contribution < -0.4 is 15.5 Å². The highest BCUT2D eigenvalue weighted by Gasteiger charge is 2.21. The first-order chi connectivity index (χ1) is 14.0. The molecule has 0 aromatic heterocycles. The lowest BCUT2D eigenvalue weighted by molar-refractivity contribution is 0.0938. The summed E-state index contributed by atoms with van der Waals surface area (Å²) in [5.41, 5.74) is 3.99. The molecule has 154 valence electrons. The third kappa shape index (κ3) is 5.17. The number of rotatable bonds is 7. The highest BCUT2D eigenvalue weighted by Crippen LogP contribution is 2.28. The topological polar surface area (TPSA) is 61.4 Å². The molecular formula is C24H31N3O2. The van der Waals surface area contributed by atoms with Gasteiger partial charge in [-0.15, -0.1) is 0 Å². The Morgan fingerprint density at radius 1 is 1.00 bits per heavy atom. The highest BCUT2D eigenvalue weighted by atomic mass is 16.2. The summed E-state index contributed by atoms with van der Waals surface area (Å²) >= 11 is 0. The van der Waals surface area contributed by atoms with Crippen LogP contribution in [0, 0.1) is 0 Å². The van der Waals surface area contributed by atoms with E-state index in [1.165, 1.54) is 5.56 Å². The van der Waals surface area contributed by atoms with Gasteiger partial charge in [-0.2, -0.15) is 0 Å². The standard InChI is InChI=1S/C24H31N3O2/c1-4-17(3)25-24(29)21-16-20(12-13-22(21)27-14-6-7-15-27)26-23(28)19-10-8-18(5-2)9-11-19/h8-13,16-17H,4-7,14-15H2,1-3H3,(H,25,29)(H,26,28). The quantitative estimate of drug-likeness (QED) is 0.721. The summed E-state index contributed by atoms with van der Waals surface area (Å²) in [6.45, 7) is 8.05. The molecular weight excluding hydrogens is 362 g/mol. The van der Waals surface area contributed by atoms with E-state index in [0.29, 0.717) is 16.8 Å². The van der Waals surface area contributed by atoms with Crippen LogP contribution in [-0.4, -0.2) is 30.9 Å². The van der Waals surface area contributed by atoms with Crippen LogP contribution in [0.5, 0.6) is 0 Å². The Hall–Kier alpha value is -2.82. The van der Waals surface area contributed by atoms with Gasteiger partial charge >= 0.3 is 0 Å². The van der Waals surface area contributed by atoms with E-state index in [4.69, 9.17) is 0 Å². The second-order valence-electron chi connectivity index (χ2n) is 7.71. The van der Waals surface area contributed by atoms with E-state index >= 15 is 0 Å². The van der Waals surface area contributed by atoms with Gasteiger partial charge in [-0.25, -0.2) is 0 Å². The van der Waals surface area contributed by atoms with Crippen molar-refractivity contribution in [3.05, 3.63) is 59.2 Å². The van der Waals surface area contributed by atoms with Crippen LogP contribution in [0.4, 0.5) is 11.4 Å². The molecule has 1 atom stereocenters. The summed E-state index contributed by atoms with van der Waals surface area (Å²) < 4.78 is 0. The molecule has 2 N–H and O–H groups in total. The molecule has 5 nitrogen and oxygen atoms in total. The predicted molar refractivity (Wildman–Crippen MR) is 119 cm³/mol. The fourth-order valence-electron chi connectivity index (χ4n) is 3.53. The monoisotopic (exact) mass is 393 g/mol. The van der Waals surface area contributed by atoms with Gasteiger partial charge in [0, 0.05) is 36.1 Å². The summed E-state index contributed by atoms with van der Waals surface area (Å²) in [6.07, 6.45) is 4.08. The van der Waals surface area contributed by atoms with E-state index in [1.807, 2.05) is 50.2 Å². The molecule has 0 bridgehead atoms. The molecule has 0 aliphatic carbocycles. The van der Waals surface area contributed by atoms with Gasteiger partial charge in [-0.05, 0) is 68.5 Å². The molecule has 0 radical (unpaired) electrons. The van der Waals surface area contributed by atoms with Crippen molar-refractivity contribution in [1.29, 1.82) is 0 Å². The molecule has 1 aliphatic heterocycles. The molecule has 5 heteroatoms. The lowest BCUT2D eigenvalue weighted by Crippen LogP contribution is -2.33. The van der Waals surface area contributed by atoms with Gasteiger partial charge in [0.1, 0.15) is 0 Å². The molecule has 1 fully saturated rings. The lowest BCUT2D eigenvalue weighted by Gasteiger charge is -2.23. The maximum absolute atomic E-state index is 12.9. The molecule has 3 rings (SSSR count). The summed E-state index contributed by atoms with van der Waals surface area (Å²) in [5, 5.41) is 5.99. The third-order valence-corrected chi connectivity index (χ3v) is 5.56. The van der Waals surface area contributed by atoms with Gasteiger partial charge in [0.2, 0.25) is 0 Å². The molecule has 1 saturated heterocycles. The van der Waals surface area contributed by atoms with Crippen molar-refractivity contribution < 1.29 is 9.59 Å². The summed E-state index contributed by atoms with van der Waals surface area (Å²) in [7, 11) is 0. The first-order valence-corrected chi connectivity index (χ1v) is 10.6. The van der Waals surface area contributed by atoms with Crippen LogP contribution in [0.25, 0.3) is 0 Å². The maximum atomic E-state index is 12.9. The molecule has 2 amide bonds. The summed E-state index contributed by atoms with van der Waals surface area (Å²) in [6, 6.07) is 13.3.